The molecule has 25 heavy (non-hydrogen) atoms. The number of hydrogen-bond acceptors (Lipinski definition) is 6. The van der Waals surface area contributed by atoms with E-state index in [4.69, 9.17) is 16.3 Å². The molecule has 8 heteroatoms. The van der Waals surface area contributed by atoms with Crippen molar-refractivity contribution in [1.29, 1.82) is 0 Å². The summed E-state index contributed by atoms with van der Waals surface area (Å²) in [7, 11) is 1.58. The molecule has 0 bridgehead atoms. The smallest absolute Gasteiger partial charge is 0.239 e. The van der Waals surface area contributed by atoms with Crippen LogP contribution in [0.3, 0.4) is 0 Å². The van der Waals surface area contributed by atoms with E-state index in [1.165, 1.54) is 11.3 Å². The molecule has 0 aliphatic carbocycles. The van der Waals surface area contributed by atoms with Gasteiger partial charge in [0.2, 0.25) is 11.0 Å². The van der Waals surface area contributed by atoms with Crippen LogP contribution in [0, 0.1) is 0 Å². The topological polar surface area (TPSA) is 63.2 Å². The first-order chi connectivity index (χ1) is 12.2. The third kappa shape index (κ3) is 4.56. The number of nitrogens with zero attached hydrogens (tertiary/aromatic N) is 1. The van der Waals surface area contributed by atoms with E-state index in [9.17, 15) is 4.79 Å². The van der Waals surface area contributed by atoms with Crippen LogP contribution in [0.25, 0.3) is 10.2 Å². The van der Waals surface area contributed by atoms with Crippen molar-refractivity contribution in [3.8, 4) is 5.75 Å². The summed E-state index contributed by atoms with van der Waals surface area (Å²) in [5.74, 6) is 1.26. The Bertz CT molecular complexity index is 871. The Balaban J connectivity index is 1.53. The SMILES string of the molecule is COc1ccc(Cl)c2sc(NNC(=O)CCSc3ccccc3)nc12. The number of ether oxygens (including phenoxy) is 1. The number of hydrazine groups is 1. The lowest BCUT2D eigenvalue weighted by atomic mass is 10.3. The number of nitrogens with one attached hydrogen (secondary N) is 2. The number of halogens is 1. The van der Waals surface area contributed by atoms with Crippen molar-refractivity contribution < 1.29 is 9.53 Å². The highest BCUT2D eigenvalue weighted by Crippen LogP contribution is 2.37. The van der Waals surface area contributed by atoms with E-state index in [2.05, 4.69) is 15.8 Å². The number of thiazole rings is 1. The lowest BCUT2D eigenvalue weighted by molar-refractivity contribution is -0.120. The second-order valence-electron chi connectivity index (χ2n) is 5.03. The lowest BCUT2D eigenvalue weighted by Gasteiger charge is -2.05. The van der Waals surface area contributed by atoms with Gasteiger partial charge in [-0.05, 0) is 24.3 Å². The third-order valence-corrected chi connectivity index (χ3v) is 5.77. The van der Waals surface area contributed by atoms with E-state index in [0.717, 1.165) is 9.60 Å². The fourth-order valence-corrected chi connectivity index (χ4v) is 4.12. The molecule has 0 atom stereocenters. The number of carbonyl (C=O) groups excluding carboxylic acids is 1. The van der Waals surface area contributed by atoms with Gasteiger partial charge in [0.1, 0.15) is 11.3 Å². The van der Waals surface area contributed by atoms with Crippen LogP contribution < -0.4 is 15.6 Å². The van der Waals surface area contributed by atoms with Crippen molar-refractivity contribution in [3.63, 3.8) is 0 Å². The van der Waals surface area contributed by atoms with E-state index in [1.807, 2.05) is 30.3 Å². The molecule has 1 aromatic heterocycles. The van der Waals surface area contributed by atoms with E-state index in [0.29, 0.717) is 33.6 Å². The van der Waals surface area contributed by atoms with E-state index in [1.54, 1.807) is 31.0 Å². The Morgan fingerprint density at radius 2 is 2.08 bits per heavy atom. The summed E-state index contributed by atoms with van der Waals surface area (Å²) in [5.41, 5.74) is 6.19. The van der Waals surface area contributed by atoms with Crippen LogP contribution in [0.2, 0.25) is 5.02 Å². The molecular weight excluding hydrogens is 378 g/mol. The van der Waals surface area contributed by atoms with Crippen molar-refractivity contribution in [3.05, 3.63) is 47.5 Å². The predicted molar refractivity (Wildman–Crippen MR) is 105 cm³/mol. The number of rotatable bonds is 7. The molecule has 0 radical (unpaired) electrons. The number of hydrogen-bond donors (Lipinski definition) is 2. The van der Waals surface area contributed by atoms with Gasteiger partial charge in [-0.15, -0.1) is 11.8 Å². The molecule has 0 saturated heterocycles. The first kappa shape index (κ1) is 17.8. The fraction of sp³-hybridized carbons (Fsp3) is 0.176. The Morgan fingerprint density at radius 1 is 1.28 bits per heavy atom. The molecule has 0 fully saturated rings. The molecule has 0 unspecified atom stereocenters. The maximum absolute atomic E-state index is 12.0. The summed E-state index contributed by atoms with van der Waals surface area (Å²) in [6.45, 7) is 0. The van der Waals surface area contributed by atoms with Crippen LogP contribution in [-0.4, -0.2) is 23.8 Å². The standard InChI is InChI=1S/C17H16ClN3O2S2/c1-23-13-8-7-12(18)16-15(13)19-17(25-16)21-20-14(22)9-10-24-11-5-3-2-4-6-11/h2-8H,9-10H2,1H3,(H,19,21)(H,20,22). The largest absolute Gasteiger partial charge is 0.494 e. The zero-order valence-electron chi connectivity index (χ0n) is 13.4. The van der Waals surface area contributed by atoms with Gasteiger partial charge in [-0.25, -0.2) is 4.98 Å². The minimum absolute atomic E-state index is 0.0965. The van der Waals surface area contributed by atoms with Crippen LogP contribution in [0.5, 0.6) is 5.75 Å². The number of aromatic nitrogens is 1. The number of amides is 1. The second kappa shape index (κ2) is 8.42. The number of methoxy groups -OCH3 is 1. The number of carbonyl (C=O) groups is 1. The molecule has 5 nitrogen and oxygen atoms in total. The summed E-state index contributed by atoms with van der Waals surface area (Å²) >= 11 is 9.19. The normalized spacial score (nSPS) is 10.6. The highest BCUT2D eigenvalue weighted by molar-refractivity contribution is 7.99. The molecule has 3 aromatic rings. The highest BCUT2D eigenvalue weighted by Gasteiger charge is 2.12. The molecule has 0 spiro atoms. The van der Waals surface area contributed by atoms with Gasteiger partial charge in [0.05, 0.1) is 16.8 Å². The van der Waals surface area contributed by atoms with Gasteiger partial charge in [0, 0.05) is 17.1 Å². The Kier molecular flexibility index (Phi) is 6.01. The first-order valence-electron chi connectivity index (χ1n) is 7.53. The fourth-order valence-electron chi connectivity index (χ4n) is 2.13. The molecule has 130 valence electrons. The van der Waals surface area contributed by atoms with Gasteiger partial charge >= 0.3 is 0 Å². The van der Waals surface area contributed by atoms with Crippen LogP contribution in [0.1, 0.15) is 6.42 Å². The molecule has 0 saturated carbocycles. The molecule has 2 aromatic carbocycles. The average Bonchev–Trinajstić information content (AvgIpc) is 3.06. The molecule has 1 amide bonds. The molecule has 0 aliphatic rings. The van der Waals surface area contributed by atoms with Gasteiger partial charge in [0.25, 0.3) is 0 Å². The van der Waals surface area contributed by atoms with Crippen LogP contribution >= 0.6 is 34.7 Å². The van der Waals surface area contributed by atoms with Crippen molar-refractivity contribution >= 4 is 56.0 Å². The average molecular weight is 394 g/mol. The zero-order chi connectivity index (χ0) is 17.6. The van der Waals surface area contributed by atoms with Crippen LogP contribution in [0.15, 0.2) is 47.4 Å². The van der Waals surface area contributed by atoms with Crippen molar-refractivity contribution in [2.75, 3.05) is 18.3 Å². The highest BCUT2D eigenvalue weighted by atomic mass is 35.5. The maximum atomic E-state index is 12.0. The van der Waals surface area contributed by atoms with Gasteiger partial charge in [-0.3, -0.25) is 15.6 Å². The van der Waals surface area contributed by atoms with Gasteiger partial charge in [-0.2, -0.15) is 0 Å². The summed E-state index contributed by atoms with van der Waals surface area (Å²) in [6.07, 6.45) is 0.404. The van der Waals surface area contributed by atoms with E-state index >= 15 is 0 Å². The lowest BCUT2D eigenvalue weighted by Crippen LogP contribution is -2.29. The zero-order valence-corrected chi connectivity index (χ0v) is 15.8. The quantitative estimate of drug-likeness (QED) is 0.454. The summed E-state index contributed by atoms with van der Waals surface area (Å²) < 4.78 is 6.10. The van der Waals surface area contributed by atoms with E-state index < -0.39 is 0 Å². The number of thioether (sulfide) groups is 1. The summed E-state index contributed by atoms with van der Waals surface area (Å²) in [5, 5.41) is 1.16. The number of benzene rings is 2. The van der Waals surface area contributed by atoms with Crippen molar-refractivity contribution in [1.82, 2.24) is 10.4 Å². The van der Waals surface area contributed by atoms with Crippen molar-refractivity contribution in [2.24, 2.45) is 0 Å². The Labute approximate surface area is 158 Å². The van der Waals surface area contributed by atoms with Gasteiger partial charge < -0.3 is 4.74 Å². The maximum Gasteiger partial charge on any atom is 0.239 e. The van der Waals surface area contributed by atoms with Crippen molar-refractivity contribution in [2.45, 2.75) is 11.3 Å². The van der Waals surface area contributed by atoms with E-state index in [-0.39, 0.29) is 5.91 Å². The minimum Gasteiger partial charge on any atom is -0.494 e. The number of anilines is 1. The minimum atomic E-state index is -0.0965. The summed E-state index contributed by atoms with van der Waals surface area (Å²) in [6, 6.07) is 13.5. The third-order valence-electron chi connectivity index (χ3n) is 3.33. The first-order valence-corrected chi connectivity index (χ1v) is 9.71. The second-order valence-corrected chi connectivity index (χ2v) is 7.61. The Morgan fingerprint density at radius 3 is 2.84 bits per heavy atom. The van der Waals surface area contributed by atoms with Crippen LogP contribution in [0.4, 0.5) is 5.13 Å². The molecule has 3 rings (SSSR count). The predicted octanol–water partition coefficient (Wildman–Crippen LogP) is 4.58. The van der Waals surface area contributed by atoms with Gasteiger partial charge in [0.15, 0.2) is 0 Å². The number of fused-ring (bicyclic) bond motifs is 1. The molecular formula is C17H16ClN3O2S2. The van der Waals surface area contributed by atoms with Gasteiger partial charge in [-0.1, -0.05) is 41.1 Å². The Hall–Kier alpha value is -1.96. The van der Waals surface area contributed by atoms with Crippen LogP contribution in [-0.2, 0) is 4.79 Å². The molecule has 1 heterocycles. The monoisotopic (exact) mass is 393 g/mol. The molecule has 0 aliphatic heterocycles. The summed E-state index contributed by atoms with van der Waals surface area (Å²) in [4.78, 5) is 17.5. The molecule has 2 N–H and O–H groups in total.